The third-order valence-electron chi connectivity index (χ3n) is 8.83. The Kier molecular flexibility index (Phi) is 5.20. The second-order valence-electron chi connectivity index (χ2n) is 10.9. The highest BCUT2D eigenvalue weighted by Gasteiger charge is 2.52. The first-order valence-electron chi connectivity index (χ1n) is 13.9. The van der Waals surface area contributed by atoms with Gasteiger partial charge in [-0.25, -0.2) is 0 Å². The van der Waals surface area contributed by atoms with E-state index in [0.717, 1.165) is 10.8 Å². The van der Waals surface area contributed by atoms with Crippen LogP contribution in [0.25, 0.3) is 21.9 Å². The van der Waals surface area contributed by atoms with Crippen LogP contribution < -0.4 is 4.90 Å². The number of nitriles is 1. The molecule has 0 saturated carbocycles. The van der Waals surface area contributed by atoms with Gasteiger partial charge < -0.3 is 4.90 Å². The maximum atomic E-state index is 10.2. The number of nitrogens with zero attached hydrogens (tertiary/aromatic N) is 2. The van der Waals surface area contributed by atoms with E-state index in [-0.39, 0.29) is 0 Å². The summed E-state index contributed by atoms with van der Waals surface area (Å²) in [7, 11) is 0. The van der Waals surface area contributed by atoms with Gasteiger partial charge in [-0.05, 0) is 94.6 Å². The van der Waals surface area contributed by atoms with Crippen molar-refractivity contribution in [2.24, 2.45) is 0 Å². The van der Waals surface area contributed by atoms with Gasteiger partial charge in [-0.2, -0.15) is 5.26 Å². The Morgan fingerprint density at radius 3 is 1.68 bits per heavy atom. The van der Waals surface area contributed by atoms with Crippen LogP contribution in [-0.2, 0) is 5.54 Å². The first-order chi connectivity index (χ1) is 20.1. The molecule has 0 spiro atoms. The Bertz CT molecular complexity index is 1990. The maximum Gasteiger partial charge on any atom is 0.123 e. The van der Waals surface area contributed by atoms with Crippen LogP contribution >= 0.6 is 11.8 Å². The van der Waals surface area contributed by atoms with Gasteiger partial charge in [0, 0.05) is 15.2 Å². The predicted molar refractivity (Wildman–Crippen MR) is 169 cm³/mol. The molecular weight excluding hydrogens is 516 g/mol. The molecule has 1 heterocycles. The smallest absolute Gasteiger partial charge is 0.123 e. The van der Waals surface area contributed by atoms with Crippen molar-refractivity contribution in [1.82, 2.24) is 0 Å². The SMILES string of the molecule is Cc1cc2c(C#N)ccc(C3(N4c5ccccc5Sc5ccccc54)c4ccccc4-c4ccccc43)c2cc1C. The van der Waals surface area contributed by atoms with Gasteiger partial charge in [0.15, 0.2) is 0 Å². The summed E-state index contributed by atoms with van der Waals surface area (Å²) in [5.74, 6) is 0. The van der Waals surface area contributed by atoms with E-state index in [1.807, 2.05) is 17.8 Å². The predicted octanol–water partition coefficient (Wildman–Crippen LogP) is 9.90. The van der Waals surface area contributed by atoms with Crippen molar-refractivity contribution in [2.75, 3.05) is 4.90 Å². The van der Waals surface area contributed by atoms with E-state index in [0.29, 0.717) is 5.56 Å². The lowest BCUT2D eigenvalue weighted by Crippen LogP contribution is -2.45. The van der Waals surface area contributed by atoms with Gasteiger partial charge in [0.2, 0.25) is 0 Å². The normalized spacial score (nSPS) is 14.1. The van der Waals surface area contributed by atoms with Crippen LogP contribution in [0.3, 0.4) is 0 Å². The minimum absolute atomic E-state index is 0.672. The molecule has 6 aromatic rings. The zero-order valence-electron chi connectivity index (χ0n) is 22.8. The van der Waals surface area contributed by atoms with Gasteiger partial charge in [-0.1, -0.05) is 96.7 Å². The molecule has 0 atom stereocenters. The second kappa shape index (κ2) is 8.86. The summed E-state index contributed by atoms with van der Waals surface area (Å²) in [6.45, 7) is 4.30. The van der Waals surface area contributed by atoms with Crippen molar-refractivity contribution in [3.8, 4) is 17.2 Å². The summed E-state index contributed by atoms with van der Waals surface area (Å²) in [4.78, 5) is 5.05. The number of rotatable bonds is 2. The summed E-state index contributed by atoms with van der Waals surface area (Å²) in [5.41, 5.74) is 11.0. The molecule has 0 N–H and O–H groups in total. The summed E-state index contributed by atoms with van der Waals surface area (Å²) < 4.78 is 0. The summed E-state index contributed by atoms with van der Waals surface area (Å²) in [5, 5.41) is 12.3. The van der Waals surface area contributed by atoms with E-state index in [9.17, 15) is 5.26 Å². The molecule has 0 bridgehead atoms. The number of fused-ring (bicyclic) bond motifs is 6. The number of hydrogen-bond donors (Lipinski definition) is 0. The molecule has 8 rings (SSSR count). The first kappa shape index (κ1) is 24.1. The van der Waals surface area contributed by atoms with Crippen LogP contribution in [0.15, 0.2) is 131 Å². The highest BCUT2D eigenvalue weighted by atomic mass is 32.2. The van der Waals surface area contributed by atoms with Crippen LogP contribution in [0.2, 0.25) is 0 Å². The lowest BCUT2D eigenvalue weighted by atomic mass is 9.75. The molecular formula is C38H26N2S. The number of para-hydroxylation sites is 2. The van der Waals surface area contributed by atoms with E-state index < -0.39 is 5.54 Å². The zero-order valence-corrected chi connectivity index (χ0v) is 23.7. The highest BCUT2D eigenvalue weighted by Crippen LogP contribution is 2.62. The van der Waals surface area contributed by atoms with Crippen LogP contribution in [0.4, 0.5) is 11.4 Å². The third kappa shape index (κ3) is 3.20. The molecule has 41 heavy (non-hydrogen) atoms. The van der Waals surface area contributed by atoms with E-state index in [1.54, 1.807) is 0 Å². The minimum atomic E-state index is -0.672. The fourth-order valence-electron chi connectivity index (χ4n) is 6.95. The number of anilines is 2. The average Bonchev–Trinajstić information content (AvgIpc) is 3.31. The summed E-state index contributed by atoms with van der Waals surface area (Å²) >= 11 is 1.83. The molecule has 0 fully saturated rings. The Morgan fingerprint density at radius 1 is 0.585 bits per heavy atom. The maximum absolute atomic E-state index is 10.2. The van der Waals surface area contributed by atoms with Crippen molar-refractivity contribution in [1.29, 1.82) is 5.26 Å². The standard InChI is InChI=1S/C38H26N2S/c1-24-21-29-26(23-39)19-20-33(30(29)22-25(24)2)38(31-13-5-3-11-27(31)28-12-4-6-14-32(28)38)40-34-15-7-9-17-36(34)41-37-18-10-8-16-35(37)40/h3-22H,1-2H3. The third-order valence-corrected chi connectivity index (χ3v) is 9.96. The van der Waals surface area contributed by atoms with Crippen molar-refractivity contribution in [3.63, 3.8) is 0 Å². The molecule has 0 saturated heterocycles. The van der Waals surface area contributed by atoms with E-state index in [2.05, 4.69) is 140 Å². The highest BCUT2D eigenvalue weighted by molar-refractivity contribution is 7.99. The van der Waals surface area contributed by atoms with E-state index >= 15 is 0 Å². The Balaban J connectivity index is 1.62. The molecule has 0 amide bonds. The van der Waals surface area contributed by atoms with Crippen LogP contribution in [0.1, 0.15) is 33.4 Å². The minimum Gasteiger partial charge on any atom is -0.321 e. The van der Waals surface area contributed by atoms with Gasteiger partial charge >= 0.3 is 0 Å². The molecule has 194 valence electrons. The van der Waals surface area contributed by atoms with Crippen LogP contribution in [0.5, 0.6) is 0 Å². The van der Waals surface area contributed by atoms with Gasteiger partial charge in [0.25, 0.3) is 0 Å². The zero-order chi connectivity index (χ0) is 27.7. The fraction of sp³-hybridized carbons (Fsp3) is 0.0789. The topological polar surface area (TPSA) is 27.0 Å². The lowest BCUT2D eigenvalue weighted by Gasteiger charge is -2.48. The molecule has 2 nitrogen and oxygen atoms in total. The largest absolute Gasteiger partial charge is 0.321 e. The number of hydrogen-bond acceptors (Lipinski definition) is 3. The summed E-state index contributed by atoms with van der Waals surface area (Å²) in [6, 6.07) is 46.4. The second-order valence-corrected chi connectivity index (χ2v) is 12.0. The van der Waals surface area contributed by atoms with Crippen molar-refractivity contribution < 1.29 is 0 Å². The van der Waals surface area contributed by atoms with Crippen molar-refractivity contribution in [3.05, 3.63) is 155 Å². The molecule has 1 aliphatic carbocycles. The van der Waals surface area contributed by atoms with Crippen molar-refractivity contribution in [2.45, 2.75) is 29.2 Å². The van der Waals surface area contributed by atoms with E-state index in [1.165, 1.54) is 60.1 Å². The summed E-state index contributed by atoms with van der Waals surface area (Å²) in [6.07, 6.45) is 0. The van der Waals surface area contributed by atoms with Crippen LogP contribution in [-0.4, -0.2) is 0 Å². The quantitative estimate of drug-likeness (QED) is 0.218. The molecule has 1 aliphatic heterocycles. The molecule has 3 heteroatoms. The van der Waals surface area contributed by atoms with Crippen molar-refractivity contribution >= 4 is 33.9 Å². The van der Waals surface area contributed by atoms with Gasteiger partial charge in [-0.3, -0.25) is 0 Å². The molecule has 2 aliphatic rings. The number of benzene rings is 6. The Hall–Kier alpha value is -4.78. The Labute approximate surface area is 244 Å². The lowest BCUT2D eigenvalue weighted by molar-refractivity contribution is 0.639. The molecule has 0 unspecified atom stereocenters. The average molecular weight is 543 g/mol. The number of aryl methyl sites for hydroxylation is 2. The fourth-order valence-corrected chi connectivity index (χ4v) is 8.01. The first-order valence-corrected chi connectivity index (χ1v) is 14.7. The Morgan fingerprint density at radius 2 is 1.10 bits per heavy atom. The van der Waals surface area contributed by atoms with E-state index in [4.69, 9.17) is 0 Å². The van der Waals surface area contributed by atoms with Crippen LogP contribution in [0, 0.1) is 25.2 Å². The molecule has 6 aromatic carbocycles. The van der Waals surface area contributed by atoms with Gasteiger partial charge in [-0.15, -0.1) is 0 Å². The van der Waals surface area contributed by atoms with Gasteiger partial charge in [0.1, 0.15) is 5.54 Å². The van der Waals surface area contributed by atoms with Gasteiger partial charge in [0.05, 0.1) is 23.0 Å². The monoisotopic (exact) mass is 542 g/mol. The molecule has 0 radical (unpaired) electrons. The molecule has 0 aromatic heterocycles.